The van der Waals surface area contributed by atoms with Crippen molar-refractivity contribution in [3.63, 3.8) is 0 Å². The number of H-pyrrole nitrogens is 1. The van der Waals surface area contributed by atoms with Crippen LogP contribution in [-0.4, -0.2) is 22.4 Å². The SMILES string of the molecule is O=C1C[C@H](c2cnc3cc[nH]c3c2)CN1. The van der Waals surface area contributed by atoms with Gasteiger partial charge in [0.25, 0.3) is 0 Å². The van der Waals surface area contributed by atoms with E-state index >= 15 is 0 Å². The lowest BCUT2D eigenvalue weighted by molar-refractivity contribution is -0.119. The summed E-state index contributed by atoms with van der Waals surface area (Å²) < 4.78 is 0. The molecule has 15 heavy (non-hydrogen) atoms. The maximum absolute atomic E-state index is 11.1. The molecule has 1 fully saturated rings. The molecule has 0 unspecified atom stereocenters. The predicted octanol–water partition coefficient (Wildman–Crippen LogP) is 1.17. The van der Waals surface area contributed by atoms with Crippen molar-refractivity contribution >= 4 is 16.9 Å². The van der Waals surface area contributed by atoms with Crippen LogP contribution in [0.5, 0.6) is 0 Å². The van der Waals surface area contributed by atoms with Crippen molar-refractivity contribution in [2.45, 2.75) is 12.3 Å². The van der Waals surface area contributed by atoms with E-state index in [-0.39, 0.29) is 11.8 Å². The Bertz CT molecular complexity index is 517. The predicted molar refractivity (Wildman–Crippen MR) is 56.5 cm³/mol. The monoisotopic (exact) mass is 201 g/mol. The number of hydrogen-bond donors (Lipinski definition) is 2. The van der Waals surface area contributed by atoms with Gasteiger partial charge in [-0.25, -0.2) is 0 Å². The van der Waals surface area contributed by atoms with Gasteiger partial charge in [0.05, 0.1) is 11.0 Å². The molecule has 1 saturated heterocycles. The molecule has 1 atom stereocenters. The van der Waals surface area contributed by atoms with E-state index in [9.17, 15) is 4.79 Å². The summed E-state index contributed by atoms with van der Waals surface area (Å²) in [5.74, 6) is 0.407. The highest BCUT2D eigenvalue weighted by Gasteiger charge is 2.23. The quantitative estimate of drug-likeness (QED) is 0.727. The van der Waals surface area contributed by atoms with Crippen molar-refractivity contribution in [3.8, 4) is 0 Å². The molecule has 2 N–H and O–H groups in total. The summed E-state index contributed by atoms with van der Waals surface area (Å²) >= 11 is 0. The largest absolute Gasteiger partial charge is 0.360 e. The second kappa shape index (κ2) is 3.08. The van der Waals surface area contributed by atoms with Crippen molar-refractivity contribution in [2.24, 2.45) is 0 Å². The molecule has 2 aromatic heterocycles. The Labute approximate surface area is 86.7 Å². The molecule has 76 valence electrons. The summed E-state index contributed by atoms with van der Waals surface area (Å²) in [4.78, 5) is 18.6. The Morgan fingerprint density at radius 3 is 3.20 bits per heavy atom. The third-order valence-corrected chi connectivity index (χ3v) is 2.87. The minimum atomic E-state index is 0.131. The first-order valence-electron chi connectivity index (χ1n) is 5.02. The molecular formula is C11H11N3O. The zero-order valence-electron chi connectivity index (χ0n) is 8.16. The number of amides is 1. The summed E-state index contributed by atoms with van der Waals surface area (Å²) in [6.45, 7) is 0.729. The standard InChI is InChI=1S/C11H11N3O/c15-11-4-8(6-14-11)7-3-10-9(13-5-7)1-2-12-10/h1-3,5,8,12H,4,6H2,(H,14,15)/t8-/m0/s1. The van der Waals surface area contributed by atoms with Crippen LogP contribution in [0.2, 0.25) is 0 Å². The van der Waals surface area contributed by atoms with Crippen LogP contribution in [0.3, 0.4) is 0 Å². The van der Waals surface area contributed by atoms with Crippen LogP contribution < -0.4 is 5.32 Å². The number of rotatable bonds is 1. The fraction of sp³-hybridized carbons (Fsp3) is 0.273. The Morgan fingerprint density at radius 2 is 2.40 bits per heavy atom. The van der Waals surface area contributed by atoms with Crippen LogP contribution in [0.1, 0.15) is 17.9 Å². The number of carbonyl (C=O) groups excluding carboxylic acids is 1. The molecule has 2 aromatic rings. The lowest BCUT2D eigenvalue weighted by atomic mass is 10.00. The highest BCUT2D eigenvalue weighted by atomic mass is 16.1. The number of fused-ring (bicyclic) bond motifs is 1. The number of aromatic nitrogens is 2. The van der Waals surface area contributed by atoms with Crippen LogP contribution in [0.4, 0.5) is 0 Å². The summed E-state index contributed by atoms with van der Waals surface area (Å²) in [5, 5.41) is 2.83. The molecule has 4 heteroatoms. The zero-order chi connectivity index (χ0) is 10.3. The molecule has 0 aliphatic carbocycles. The van der Waals surface area contributed by atoms with Crippen molar-refractivity contribution in [1.82, 2.24) is 15.3 Å². The molecule has 3 rings (SSSR count). The minimum Gasteiger partial charge on any atom is -0.360 e. The molecule has 1 amide bonds. The molecule has 1 aliphatic heterocycles. The maximum atomic E-state index is 11.1. The van der Waals surface area contributed by atoms with Crippen molar-refractivity contribution < 1.29 is 4.79 Å². The molecule has 0 aromatic carbocycles. The molecule has 0 bridgehead atoms. The Hall–Kier alpha value is -1.84. The molecular weight excluding hydrogens is 190 g/mol. The van der Waals surface area contributed by atoms with Gasteiger partial charge in [0.1, 0.15) is 0 Å². The van der Waals surface area contributed by atoms with Crippen LogP contribution in [0, 0.1) is 0 Å². The van der Waals surface area contributed by atoms with E-state index in [0.29, 0.717) is 6.42 Å². The van der Waals surface area contributed by atoms with Crippen molar-refractivity contribution in [3.05, 3.63) is 30.1 Å². The Kier molecular flexibility index (Phi) is 1.74. The lowest BCUT2D eigenvalue weighted by Crippen LogP contribution is -2.13. The topological polar surface area (TPSA) is 57.8 Å². The number of pyridine rings is 1. The van der Waals surface area contributed by atoms with Crippen molar-refractivity contribution in [1.29, 1.82) is 0 Å². The molecule has 0 saturated carbocycles. The van der Waals surface area contributed by atoms with Crippen LogP contribution in [0.15, 0.2) is 24.5 Å². The summed E-state index contributed by atoms with van der Waals surface area (Å²) in [6.07, 6.45) is 4.31. The normalized spacial score (nSPS) is 20.8. The fourth-order valence-corrected chi connectivity index (χ4v) is 2.01. The van der Waals surface area contributed by atoms with Crippen LogP contribution >= 0.6 is 0 Å². The van der Waals surface area contributed by atoms with Gasteiger partial charge in [-0.2, -0.15) is 0 Å². The van der Waals surface area contributed by atoms with E-state index in [1.165, 1.54) is 0 Å². The summed E-state index contributed by atoms with van der Waals surface area (Å²) in [6, 6.07) is 4.02. The van der Waals surface area contributed by atoms with Gasteiger partial charge in [-0.3, -0.25) is 9.78 Å². The van der Waals surface area contributed by atoms with E-state index < -0.39 is 0 Å². The van der Waals surface area contributed by atoms with Gasteiger partial charge < -0.3 is 10.3 Å². The molecule has 4 nitrogen and oxygen atoms in total. The van der Waals surface area contributed by atoms with Crippen LogP contribution in [-0.2, 0) is 4.79 Å². The Balaban J connectivity index is 2.00. The number of nitrogens with one attached hydrogen (secondary N) is 2. The van der Waals surface area contributed by atoms with Crippen LogP contribution in [0.25, 0.3) is 11.0 Å². The molecule has 0 spiro atoms. The average Bonchev–Trinajstić information content (AvgIpc) is 2.84. The fourth-order valence-electron chi connectivity index (χ4n) is 2.01. The van der Waals surface area contributed by atoms with Gasteiger partial charge in [0.2, 0.25) is 5.91 Å². The van der Waals surface area contributed by atoms with E-state index in [0.717, 1.165) is 23.1 Å². The number of nitrogens with zero attached hydrogens (tertiary/aromatic N) is 1. The average molecular weight is 201 g/mol. The number of carbonyl (C=O) groups is 1. The molecule has 0 radical (unpaired) electrons. The lowest BCUT2D eigenvalue weighted by Gasteiger charge is -2.06. The van der Waals surface area contributed by atoms with Gasteiger partial charge in [0, 0.05) is 31.3 Å². The molecule has 1 aliphatic rings. The first kappa shape index (κ1) is 8.47. The minimum absolute atomic E-state index is 0.131. The first-order valence-corrected chi connectivity index (χ1v) is 5.02. The second-order valence-corrected chi connectivity index (χ2v) is 3.88. The highest BCUT2D eigenvalue weighted by molar-refractivity contribution is 5.80. The van der Waals surface area contributed by atoms with Gasteiger partial charge in [-0.1, -0.05) is 0 Å². The van der Waals surface area contributed by atoms with E-state index in [1.54, 1.807) is 0 Å². The highest BCUT2D eigenvalue weighted by Crippen LogP contribution is 2.24. The van der Waals surface area contributed by atoms with E-state index in [1.807, 2.05) is 18.5 Å². The summed E-state index contributed by atoms with van der Waals surface area (Å²) in [5.41, 5.74) is 3.13. The number of aromatic amines is 1. The zero-order valence-corrected chi connectivity index (χ0v) is 8.16. The van der Waals surface area contributed by atoms with Gasteiger partial charge >= 0.3 is 0 Å². The Morgan fingerprint density at radius 1 is 1.47 bits per heavy atom. The smallest absolute Gasteiger partial charge is 0.220 e. The second-order valence-electron chi connectivity index (χ2n) is 3.88. The maximum Gasteiger partial charge on any atom is 0.220 e. The summed E-state index contributed by atoms with van der Waals surface area (Å²) in [7, 11) is 0. The third kappa shape index (κ3) is 1.38. The van der Waals surface area contributed by atoms with E-state index in [4.69, 9.17) is 0 Å². The van der Waals surface area contributed by atoms with Crippen molar-refractivity contribution in [2.75, 3.05) is 6.54 Å². The third-order valence-electron chi connectivity index (χ3n) is 2.87. The van der Waals surface area contributed by atoms with Gasteiger partial charge in [-0.15, -0.1) is 0 Å². The van der Waals surface area contributed by atoms with Gasteiger partial charge in [-0.05, 0) is 17.7 Å². The molecule has 3 heterocycles. The first-order chi connectivity index (χ1) is 7.33. The number of hydrogen-bond acceptors (Lipinski definition) is 2. The van der Waals surface area contributed by atoms with E-state index in [2.05, 4.69) is 21.4 Å². The van der Waals surface area contributed by atoms with Gasteiger partial charge in [0.15, 0.2) is 0 Å².